The van der Waals surface area contributed by atoms with Crippen LogP contribution in [0.15, 0.2) is 60.7 Å². The summed E-state index contributed by atoms with van der Waals surface area (Å²) in [6.07, 6.45) is -2.30. The lowest BCUT2D eigenvalue weighted by Gasteiger charge is -2.11. The second-order valence-corrected chi connectivity index (χ2v) is 4.36. The van der Waals surface area contributed by atoms with E-state index in [1.807, 2.05) is 23.5 Å². The Bertz CT molecular complexity index is 598. The van der Waals surface area contributed by atoms with E-state index in [0.29, 0.717) is 5.56 Å². The first-order valence-corrected chi connectivity index (χ1v) is 6.41. The van der Waals surface area contributed by atoms with E-state index in [4.69, 9.17) is 4.74 Å². The molecule has 0 aromatic heterocycles. The summed E-state index contributed by atoms with van der Waals surface area (Å²) in [7, 11) is 0. The third kappa shape index (κ3) is 4.43. The number of carbonyl (C=O) groups excluding carboxylic acids is 2. The summed E-state index contributed by atoms with van der Waals surface area (Å²) in [5.74, 6) is -0.820. The summed E-state index contributed by atoms with van der Waals surface area (Å²) < 4.78 is 4.90. The molecule has 0 fully saturated rings. The molecule has 108 valence electrons. The second-order valence-electron chi connectivity index (χ2n) is 4.36. The van der Waals surface area contributed by atoms with E-state index in [-0.39, 0.29) is 6.61 Å². The maximum absolute atomic E-state index is 11.7. The van der Waals surface area contributed by atoms with Gasteiger partial charge in [0.05, 0.1) is 0 Å². The van der Waals surface area contributed by atoms with E-state index in [1.54, 1.807) is 42.5 Å². The molecule has 5 heteroatoms. The van der Waals surface area contributed by atoms with E-state index in [1.165, 1.54) is 0 Å². The lowest BCUT2D eigenvalue weighted by atomic mass is 10.1. The van der Waals surface area contributed by atoms with Crippen LogP contribution in [0.2, 0.25) is 0 Å². The standard InChI is InChI=1S/C16H15NO4/c18-14(13-9-5-2-6-10-13)15(19)17-16(20)21-11-12-7-3-1-4-8-12/h1-10,14,18H,11H2,(H,17,19,20). The third-order valence-corrected chi connectivity index (χ3v) is 2.80. The fraction of sp³-hybridized carbons (Fsp3) is 0.125. The van der Waals surface area contributed by atoms with Crippen LogP contribution in [0.1, 0.15) is 17.2 Å². The van der Waals surface area contributed by atoms with Crippen molar-refractivity contribution in [3.05, 3.63) is 71.8 Å². The second kappa shape index (κ2) is 7.21. The molecule has 1 atom stereocenters. The van der Waals surface area contributed by atoms with Gasteiger partial charge in [0.1, 0.15) is 6.61 Å². The van der Waals surface area contributed by atoms with Crippen molar-refractivity contribution in [1.29, 1.82) is 0 Å². The van der Waals surface area contributed by atoms with Gasteiger partial charge >= 0.3 is 6.09 Å². The Hall–Kier alpha value is -2.66. The van der Waals surface area contributed by atoms with Gasteiger partial charge in [-0.2, -0.15) is 0 Å². The Labute approximate surface area is 122 Å². The number of benzene rings is 2. The molecule has 2 aromatic rings. The van der Waals surface area contributed by atoms with Gasteiger partial charge < -0.3 is 9.84 Å². The minimum absolute atomic E-state index is 0.0569. The molecule has 0 aliphatic heterocycles. The van der Waals surface area contributed by atoms with Crippen LogP contribution >= 0.6 is 0 Å². The fourth-order valence-electron chi connectivity index (χ4n) is 1.71. The predicted molar refractivity (Wildman–Crippen MR) is 76.2 cm³/mol. The maximum atomic E-state index is 11.7. The zero-order valence-electron chi connectivity index (χ0n) is 11.2. The number of amides is 2. The molecule has 2 N–H and O–H groups in total. The fourth-order valence-corrected chi connectivity index (χ4v) is 1.71. The Morgan fingerprint density at radius 1 is 1.00 bits per heavy atom. The molecule has 0 spiro atoms. The molecule has 5 nitrogen and oxygen atoms in total. The van der Waals surface area contributed by atoms with Crippen molar-refractivity contribution in [2.75, 3.05) is 0 Å². The molecule has 0 saturated carbocycles. The van der Waals surface area contributed by atoms with Crippen LogP contribution in [0.5, 0.6) is 0 Å². The number of rotatable bonds is 4. The number of carbonyl (C=O) groups is 2. The van der Waals surface area contributed by atoms with Crippen molar-refractivity contribution in [3.63, 3.8) is 0 Å². The smallest absolute Gasteiger partial charge is 0.414 e. The summed E-state index contributed by atoms with van der Waals surface area (Å²) in [6, 6.07) is 17.4. The molecule has 1 unspecified atom stereocenters. The lowest BCUT2D eigenvalue weighted by molar-refractivity contribution is -0.128. The van der Waals surface area contributed by atoms with Crippen molar-refractivity contribution in [2.45, 2.75) is 12.7 Å². The maximum Gasteiger partial charge on any atom is 0.414 e. The van der Waals surface area contributed by atoms with Crippen LogP contribution in [-0.2, 0) is 16.1 Å². The third-order valence-electron chi connectivity index (χ3n) is 2.80. The van der Waals surface area contributed by atoms with Crippen LogP contribution in [-0.4, -0.2) is 17.1 Å². The van der Waals surface area contributed by atoms with Crippen molar-refractivity contribution < 1.29 is 19.4 Å². The normalized spacial score (nSPS) is 11.5. The van der Waals surface area contributed by atoms with Crippen LogP contribution in [0.4, 0.5) is 4.79 Å². The lowest BCUT2D eigenvalue weighted by Crippen LogP contribution is -2.35. The van der Waals surface area contributed by atoms with E-state index in [2.05, 4.69) is 0 Å². The number of ether oxygens (including phenoxy) is 1. The van der Waals surface area contributed by atoms with Crippen LogP contribution in [0.25, 0.3) is 0 Å². The van der Waals surface area contributed by atoms with Gasteiger partial charge in [-0.05, 0) is 11.1 Å². The van der Waals surface area contributed by atoms with E-state index in [9.17, 15) is 14.7 Å². The van der Waals surface area contributed by atoms with Crippen molar-refractivity contribution in [3.8, 4) is 0 Å². The first-order chi connectivity index (χ1) is 10.2. The molecule has 2 amide bonds. The highest BCUT2D eigenvalue weighted by Gasteiger charge is 2.19. The number of aliphatic hydroxyl groups excluding tert-OH is 1. The molecule has 0 bridgehead atoms. The molecule has 21 heavy (non-hydrogen) atoms. The van der Waals surface area contributed by atoms with E-state index >= 15 is 0 Å². The van der Waals surface area contributed by atoms with Gasteiger partial charge in [0.25, 0.3) is 5.91 Å². The number of hydrogen-bond acceptors (Lipinski definition) is 4. The predicted octanol–water partition coefficient (Wildman–Crippen LogP) is 2.17. The highest BCUT2D eigenvalue weighted by Crippen LogP contribution is 2.11. The average Bonchev–Trinajstić information content (AvgIpc) is 2.54. The number of nitrogens with one attached hydrogen (secondary N) is 1. The van der Waals surface area contributed by atoms with Crippen molar-refractivity contribution >= 4 is 12.0 Å². The van der Waals surface area contributed by atoms with Gasteiger partial charge in [0.2, 0.25) is 0 Å². The number of hydrogen-bond donors (Lipinski definition) is 2. The Morgan fingerprint density at radius 2 is 1.57 bits per heavy atom. The molecule has 2 aromatic carbocycles. The Kier molecular flexibility index (Phi) is 5.06. The van der Waals surface area contributed by atoms with Gasteiger partial charge in [-0.3, -0.25) is 10.1 Å². The number of imide groups is 1. The monoisotopic (exact) mass is 285 g/mol. The number of aliphatic hydroxyl groups is 1. The summed E-state index contributed by atoms with van der Waals surface area (Å²) in [4.78, 5) is 23.2. The summed E-state index contributed by atoms with van der Waals surface area (Å²) in [5, 5.41) is 11.8. The van der Waals surface area contributed by atoms with E-state index < -0.39 is 18.1 Å². The molecule has 0 radical (unpaired) electrons. The zero-order valence-corrected chi connectivity index (χ0v) is 11.2. The van der Waals surface area contributed by atoms with Crippen LogP contribution in [0, 0.1) is 0 Å². The Morgan fingerprint density at radius 3 is 2.19 bits per heavy atom. The van der Waals surface area contributed by atoms with Gasteiger partial charge in [-0.25, -0.2) is 4.79 Å². The topological polar surface area (TPSA) is 75.6 Å². The summed E-state index contributed by atoms with van der Waals surface area (Å²) >= 11 is 0. The van der Waals surface area contributed by atoms with Crippen molar-refractivity contribution in [1.82, 2.24) is 5.32 Å². The molecule has 0 saturated heterocycles. The molecule has 2 rings (SSSR count). The van der Waals surface area contributed by atoms with Gasteiger partial charge in [0.15, 0.2) is 6.10 Å². The first-order valence-electron chi connectivity index (χ1n) is 6.41. The average molecular weight is 285 g/mol. The van der Waals surface area contributed by atoms with Crippen LogP contribution < -0.4 is 5.32 Å². The molecule has 0 heterocycles. The Balaban J connectivity index is 1.83. The van der Waals surface area contributed by atoms with Crippen molar-refractivity contribution in [2.24, 2.45) is 0 Å². The quantitative estimate of drug-likeness (QED) is 0.902. The highest BCUT2D eigenvalue weighted by molar-refractivity contribution is 5.94. The SMILES string of the molecule is O=C(NC(=O)C(O)c1ccccc1)OCc1ccccc1. The molecular formula is C16H15NO4. The largest absolute Gasteiger partial charge is 0.444 e. The summed E-state index contributed by atoms with van der Waals surface area (Å²) in [5.41, 5.74) is 1.22. The summed E-state index contributed by atoms with van der Waals surface area (Å²) in [6.45, 7) is 0.0569. The highest BCUT2D eigenvalue weighted by atomic mass is 16.5. The minimum atomic E-state index is -1.41. The van der Waals surface area contributed by atoms with Gasteiger partial charge in [-0.15, -0.1) is 0 Å². The first kappa shape index (κ1) is 14.7. The number of alkyl carbamates (subject to hydrolysis) is 1. The van der Waals surface area contributed by atoms with Gasteiger partial charge in [0, 0.05) is 0 Å². The minimum Gasteiger partial charge on any atom is -0.444 e. The van der Waals surface area contributed by atoms with Crippen LogP contribution in [0.3, 0.4) is 0 Å². The van der Waals surface area contributed by atoms with E-state index in [0.717, 1.165) is 5.56 Å². The molecule has 0 aliphatic carbocycles. The van der Waals surface area contributed by atoms with Gasteiger partial charge in [-0.1, -0.05) is 60.7 Å². The zero-order chi connectivity index (χ0) is 15.1. The molecule has 0 aliphatic rings. The molecular weight excluding hydrogens is 270 g/mol.